The van der Waals surface area contributed by atoms with Gasteiger partial charge < -0.3 is 5.32 Å². The van der Waals surface area contributed by atoms with Crippen LogP contribution in [0.2, 0.25) is 0 Å². The lowest BCUT2D eigenvalue weighted by molar-refractivity contribution is 0.101. The quantitative estimate of drug-likeness (QED) is 0.678. The van der Waals surface area contributed by atoms with Crippen molar-refractivity contribution in [1.29, 1.82) is 0 Å². The van der Waals surface area contributed by atoms with Crippen LogP contribution in [0.25, 0.3) is 10.8 Å². The Morgan fingerprint density at radius 3 is 2.33 bits per heavy atom. The number of benzene rings is 2. The summed E-state index contributed by atoms with van der Waals surface area (Å²) in [6.07, 6.45) is 1.73. The SMILES string of the molecule is CCCCn1nc(C(=O)Nc2ccc(C(C)=O)cc2)c2ccccc2c1=O. The van der Waals surface area contributed by atoms with E-state index in [9.17, 15) is 14.4 Å². The van der Waals surface area contributed by atoms with Gasteiger partial charge in [0.25, 0.3) is 11.5 Å². The number of unbranched alkanes of at least 4 members (excludes halogenated alkanes) is 1. The molecule has 1 N–H and O–H groups in total. The van der Waals surface area contributed by atoms with Gasteiger partial charge in [0.1, 0.15) is 0 Å². The van der Waals surface area contributed by atoms with Crippen LogP contribution in [0.1, 0.15) is 47.5 Å². The first-order chi connectivity index (χ1) is 13.0. The van der Waals surface area contributed by atoms with Gasteiger partial charge >= 0.3 is 0 Å². The summed E-state index contributed by atoms with van der Waals surface area (Å²) < 4.78 is 1.36. The Morgan fingerprint density at radius 2 is 1.70 bits per heavy atom. The number of carbonyl (C=O) groups excluding carboxylic acids is 2. The lowest BCUT2D eigenvalue weighted by Gasteiger charge is -2.11. The predicted octanol–water partition coefficient (Wildman–Crippen LogP) is 3.65. The molecule has 0 fully saturated rings. The van der Waals surface area contributed by atoms with E-state index in [0.29, 0.717) is 28.6 Å². The molecule has 1 heterocycles. The largest absolute Gasteiger partial charge is 0.321 e. The second kappa shape index (κ2) is 7.95. The number of hydrogen-bond donors (Lipinski definition) is 1. The third kappa shape index (κ3) is 3.95. The average molecular weight is 363 g/mol. The summed E-state index contributed by atoms with van der Waals surface area (Å²) in [6.45, 7) is 3.99. The second-order valence-corrected chi connectivity index (χ2v) is 6.36. The number of nitrogens with zero attached hydrogens (tertiary/aromatic N) is 2. The first-order valence-electron chi connectivity index (χ1n) is 8.93. The van der Waals surface area contributed by atoms with Crippen LogP contribution < -0.4 is 10.9 Å². The molecule has 0 aliphatic rings. The highest BCUT2D eigenvalue weighted by atomic mass is 16.2. The van der Waals surface area contributed by atoms with E-state index in [-0.39, 0.29) is 17.0 Å². The van der Waals surface area contributed by atoms with Crippen molar-refractivity contribution in [2.75, 3.05) is 5.32 Å². The number of nitrogens with one attached hydrogen (secondary N) is 1. The van der Waals surface area contributed by atoms with Crippen LogP contribution in [0.5, 0.6) is 0 Å². The van der Waals surface area contributed by atoms with Gasteiger partial charge in [-0.3, -0.25) is 14.4 Å². The summed E-state index contributed by atoms with van der Waals surface area (Å²) in [5.74, 6) is -0.435. The van der Waals surface area contributed by atoms with Gasteiger partial charge in [0, 0.05) is 23.2 Å². The zero-order chi connectivity index (χ0) is 19.4. The number of Topliss-reactive ketones (excluding diaryl/α,β-unsaturated/α-hetero) is 1. The Hall–Kier alpha value is -3.28. The minimum absolute atomic E-state index is 0.0384. The molecule has 138 valence electrons. The van der Waals surface area contributed by atoms with Gasteiger partial charge in [-0.05, 0) is 43.7 Å². The number of aryl methyl sites for hydroxylation is 1. The topological polar surface area (TPSA) is 81.1 Å². The molecule has 0 atom stereocenters. The number of ketones is 1. The van der Waals surface area contributed by atoms with Crippen molar-refractivity contribution in [3.63, 3.8) is 0 Å². The van der Waals surface area contributed by atoms with Gasteiger partial charge in [0.05, 0.1) is 5.39 Å². The molecule has 6 heteroatoms. The Morgan fingerprint density at radius 1 is 1.04 bits per heavy atom. The van der Waals surface area contributed by atoms with E-state index in [0.717, 1.165) is 12.8 Å². The Bertz CT molecular complexity index is 1050. The van der Waals surface area contributed by atoms with Crippen LogP contribution in [0.15, 0.2) is 53.3 Å². The molecule has 0 saturated carbocycles. The highest BCUT2D eigenvalue weighted by Gasteiger charge is 2.16. The molecule has 1 aromatic heterocycles. The van der Waals surface area contributed by atoms with Gasteiger partial charge in [0.2, 0.25) is 0 Å². The zero-order valence-corrected chi connectivity index (χ0v) is 15.4. The van der Waals surface area contributed by atoms with E-state index in [2.05, 4.69) is 10.4 Å². The fourth-order valence-corrected chi connectivity index (χ4v) is 2.84. The maximum Gasteiger partial charge on any atom is 0.276 e. The first kappa shape index (κ1) is 18.5. The number of aromatic nitrogens is 2. The molecule has 0 radical (unpaired) electrons. The minimum Gasteiger partial charge on any atom is -0.321 e. The molecule has 0 bridgehead atoms. The molecular weight excluding hydrogens is 342 g/mol. The number of rotatable bonds is 6. The highest BCUT2D eigenvalue weighted by Crippen LogP contribution is 2.16. The summed E-state index contributed by atoms with van der Waals surface area (Å²) >= 11 is 0. The first-order valence-corrected chi connectivity index (χ1v) is 8.93. The van der Waals surface area contributed by atoms with Crippen LogP contribution in [0, 0.1) is 0 Å². The Labute approximate surface area is 156 Å². The highest BCUT2D eigenvalue weighted by molar-refractivity contribution is 6.11. The standard InChI is InChI=1S/C21H21N3O3/c1-3-4-13-24-21(27)18-8-6-5-7-17(18)19(23-24)20(26)22-16-11-9-15(10-12-16)14(2)25/h5-12H,3-4,13H2,1-2H3,(H,22,26). The summed E-state index contributed by atoms with van der Waals surface area (Å²) in [6, 6.07) is 13.6. The van der Waals surface area contributed by atoms with E-state index in [4.69, 9.17) is 0 Å². The van der Waals surface area contributed by atoms with Gasteiger partial charge in [-0.15, -0.1) is 0 Å². The molecule has 2 aromatic carbocycles. The van der Waals surface area contributed by atoms with Gasteiger partial charge in [-0.2, -0.15) is 5.10 Å². The van der Waals surface area contributed by atoms with Crippen LogP contribution in [-0.2, 0) is 6.54 Å². The van der Waals surface area contributed by atoms with E-state index in [1.165, 1.54) is 11.6 Å². The molecule has 0 saturated heterocycles. The fraction of sp³-hybridized carbons (Fsp3) is 0.238. The minimum atomic E-state index is -0.396. The predicted molar refractivity (Wildman–Crippen MR) is 105 cm³/mol. The van der Waals surface area contributed by atoms with Crippen molar-refractivity contribution in [1.82, 2.24) is 9.78 Å². The van der Waals surface area contributed by atoms with Crippen molar-refractivity contribution in [2.24, 2.45) is 0 Å². The number of carbonyl (C=O) groups is 2. The van der Waals surface area contributed by atoms with Crippen molar-refractivity contribution in [2.45, 2.75) is 33.2 Å². The lowest BCUT2D eigenvalue weighted by atomic mass is 10.1. The number of fused-ring (bicyclic) bond motifs is 1. The molecular formula is C21H21N3O3. The summed E-state index contributed by atoms with van der Waals surface area (Å²) in [7, 11) is 0. The van der Waals surface area contributed by atoms with Gasteiger partial charge in [-0.25, -0.2) is 4.68 Å². The van der Waals surface area contributed by atoms with E-state index in [1.807, 2.05) is 6.92 Å². The summed E-state index contributed by atoms with van der Waals surface area (Å²) in [5.41, 5.74) is 1.14. The third-order valence-electron chi connectivity index (χ3n) is 4.36. The molecule has 0 aliphatic heterocycles. The fourth-order valence-electron chi connectivity index (χ4n) is 2.84. The van der Waals surface area contributed by atoms with E-state index >= 15 is 0 Å². The molecule has 3 aromatic rings. The molecule has 6 nitrogen and oxygen atoms in total. The maximum absolute atomic E-state index is 12.8. The molecule has 3 rings (SSSR count). The van der Waals surface area contributed by atoms with Crippen LogP contribution >= 0.6 is 0 Å². The van der Waals surface area contributed by atoms with E-state index < -0.39 is 5.91 Å². The van der Waals surface area contributed by atoms with Crippen LogP contribution in [0.3, 0.4) is 0 Å². The van der Waals surface area contributed by atoms with Crippen LogP contribution in [-0.4, -0.2) is 21.5 Å². The molecule has 0 spiro atoms. The number of amides is 1. The summed E-state index contributed by atoms with van der Waals surface area (Å²) in [5, 5.41) is 8.10. The second-order valence-electron chi connectivity index (χ2n) is 6.36. The molecule has 1 amide bonds. The van der Waals surface area contributed by atoms with Crippen molar-refractivity contribution in [3.05, 3.63) is 70.1 Å². The Kier molecular flexibility index (Phi) is 5.45. The number of anilines is 1. The van der Waals surface area contributed by atoms with E-state index in [1.54, 1.807) is 48.5 Å². The smallest absolute Gasteiger partial charge is 0.276 e. The zero-order valence-electron chi connectivity index (χ0n) is 15.4. The van der Waals surface area contributed by atoms with Crippen molar-refractivity contribution < 1.29 is 9.59 Å². The third-order valence-corrected chi connectivity index (χ3v) is 4.36. The average Bonchev–Trinajstić information content (AvgIpc) is 2.68. The van der Waals surface area contributed by atoms with Crippen molar-refractivity contribution >= 4 is 28.2 Å². The normalized spacial score (nSPS) is 10.7. The maximum atomic E-state index is 12.8. The number of hydrogen-bond acceptors (Lipinski definition) is 4. The van der Waals surface area contributed by atoms with Crippen LogP contribution in [0.4, 0.5) is 5.69 Å². The monoisotopic (exact) mass is 363 g/mol. The van der Waals surface area contributed by atoms with Gasteiger partial charge in [-0.1, -0.05) is 31.5 Å². The summed E-state index contributed by atoms with van der Waals surface area (Å²) in [4.78, 5) is 36.8. The molecule has 27 heavy (non-hydrogen) atoms. The lowest BCUT2D eigenvalue weighted by Crippen LogP contribution is -2.27. The van der Waals surface area contributed by atoms with Gasteiger partial charge in [0.15, 0.2) is 11.5 Å². The molecule has 0 aliphatic carbocycles. The molecule has 0 unspecified atom stereocenters. The van der Waals surface area contributed by atoms with Crippen molar-refractivity contribution in [3.8, 4) is 0 Å². The Balaban J connectivity index is 1.99.